The van der Waals surface area contributed by atoms with Crippen LogP contribution in [-0.4, -0.2) is 25.8 Å². The minimum absolute atomic E-state index is 0.299. The molecule has 1 aliphatic heterocycles. The van der Waals surface area contributed by atoms with E-state index in [1.807, 2.05) is 12.3 Å². The normalized spacial score (nSPS) is 27.9. The monoisotopic (exact) mass is 300 g/mol. The first-order chi connectivity index (χ1) is 9.04. The molecule has 6 heteroatoms. The average molecular weight is 300 g/mol. The Bertz CT molecular complexity index is 567. The van der Waals surface area contributed by atoms with Gasteiger partial charge in [0.15, 0.2) is 0 Å². The standard InChI is InChI=1S/C13H20N2O2S2/c1-9-8-18-12(5-14)13(9)19(16,17)15-6-10-3-2-4-11(10)7-15/h8,10-11H,2-7,14H2,1H3. The predicted octanol–water partition coefficient (Wildman–Crippen LogP) is 1.94. The van der Waals surface area contributed by atoms with Crippen LogP contribution in [0.1, 0.15) is 29.7 Å². The molecule has 0 aromatic carbocycles. The Morgan fingerprint density at radius 1 is 1.37 bits per heavy atom. The summed E-state index contributed by atoms with van der Waals surface area (Å²) in [4.78, 5) is 1.26. The smallest absolute Gasteiger partial charge is 0.244 e. The van der Waals surface area contributed by atoms with Crippen molar-refractivity contribution in [3.63, 3.8) is 0 Å². The van der Waals surface area contributed by atoms with Crippen molar-refractivity contribution >= 4 is 21.4 Å². The molecular formula is C13H20N2O2S2. The van der Waals surface area contributed by atoms with E-state index in [2.05, 4.69) is 0 Å². The quantitative estimate of drug-likeness (QED) is 0.928. The maximum Gasteiger partial charge on any atom is 0.244 e. The molecule has 2 fully saturated rings. The lowest BCUT2D eigenvalue weighted by Crippen LogP contribution is -2.30. The SMILES string of the molecule is Cc1csc(CN)c1S(=O)(=O)N1CC2CCCC2C1. The fraction of sp³-hybridized carbons (Fsp3) is 0.692. The van der Waals surface area contributed by atoms with Crippen LogP contribution in [0.4, 0.5) is 0 Å². The van der Waals surface area contributed by atoms with Gasteiger partial charge in [0.2, 0.25) is 10.0 Å². The third-order valence-corrected chi connectivity index (χ3v) is 7.78. The molecule has 0 amide bonds. The summed E-state index contributed by atoms with van der Waals surface area (Å²) in [6, 6.07) is 0. The van der Waals surface area contributed by atoms with Crippen molar-refractivity contribution in [3.05, 3.63) is 15.8 Å². The lowest BCUT2D eigenvalue weighted by atomic mass is 10.0. The molecule has 2 aliphatic rings. The highest BCUT2D eigenvalue weighted by atomic mass is 32.2. The van der Waals surface area contributed by atoms with Crippen molar-refractivity contribution in [2.24, 2.45) is 17.6 Å². The molecule has 1 saturated carbocycles. The van der Waals surface area contributed by atoms with Crippen LogP contribution in [0.15, 0.2) is 10.3 Å². The lowest BCUT2D eigenvalue weighted by Gasteiger charge is -2.18. The molecule has 2 unspecified atom stereocenters. The van der Waals surface area contributed by atoms with Crippen LogP contribution in [0.25, 0.3) is 0 Å². The summed E-state index contributed by atoms with van der Waals surface area (Å²) < 4.78 is 27.3. The van der Waals surface area contributed by atoms with E-state index in [-0.39, 0.29) is 0 Å². The summed E-state index contributed by atoms with van der Waals surface area (Å²) in [5, 5.41) is 1.89. The van der Waals surface area contributed by atoms with Gasteiger partial charge in [0, 0.05) is 24.5 Å². The van der Waals surface area contributed by atoms with Gasteiger partial charge in [0.05, 0.1) is 0 Å². The topological polar surface area (TPSA) is 63.4 Å². The van der Waals surface area contributed by atoms with Crippen molar-refractivity contribution in [2.75, 3.05) is 13.1 Å². The van der Waals surface area contributed by atoms with E-state index in [1.165, 1.54) is 30.6 Å². The Labute approximate surface area is 118 Å². The number of nitrogens with zero attached hydrogens (tertiary/aromatic N) is 1. The van der Waals surface area contributed by atoms with Crippen molar-refractivity contribution in [3.8, 4) is 0 Å². The van der Waals surface area contributed by atoms with E-state index in [0.29, 0.717) is 36.4 Å². The van der Waals surface area contributed by atoms with E-state index in [4.69, 9.17) is 5.73 Å². The maximum atomic E-state index is 12.8. The first kappa shape index (κ1) is 13.5. The second kappa shape index (κ2) is 4.84. The van der Waals surface area contributed by atoms with E-state index in [9.17, 15) is 8.42 Å². The molecule has 106 valence electrons. The van der Waals surface area contributed by atoms with Crippen molar-refractivity contribution < 1.29 is 8.42 Å². The molecule has 19 heavy (non-hydrogen) atoms. The molecular weight excluding hydrogens is 280 g/mol. The molecule has 2 heterocycles. The van der Waals surface area contributed by atoms with Crippen LogP contribution < -0.4 is 5.73 Å². The van der Waals surface area contributed by atoms with Crippen LogP contribution in [0.5, 0.6) is 0 Å². The first-order valence-corrected chi connectivity index (χ1v) is 9.13. The number of aryl methyl sites for hydroxylation is 1. The highest BCUT2D eigenvalue weighted by Gasteiger charge is 2.42. The number of thiophene rings is 1. The Morgan fingerprint density at radius 3 is 2.58 bits per heavy atom. The van der Waals surface area contributed by atoms with Gasteiger partial charge in [-0.2, -0.15) is 4.31 Å². The summed E-state index contributed by atoms with van der Waals surface area (Å²) >= 11 is 1.45. The number of fused-ring (bicyclic) bond motifs is 1. The summed E-state index contributed by atoms with van der Waals surface area (Å²) in [5.74, 6) is 1.16. The third kappa shape index (κ3) is 2.14. The molecule has 3 rings (SSSR count). The fourth-order valence-electron chi connectivity index (χ4n) is 3.49. The molecule has 0 radical (unpaired) electrons. The average Bonchev–Trinajstić information content (AvgIpc) is 3.00. The highest BCUT2D eigenvalue weighted by molar-refractivity contribution is 7.89. The summed E-state index contributed by atoms with van der Waals surface area (Å²) in [5.41, 5.74) is 6.51. The fourth-order valence-corrected chi connectivity index (χ4v) is 6.70. The number of hydrogen-bond acceptors (Lipinski definition) is 4. The summed E-state index contributed by atoms with van der Waals surface area (Å²) in [6.45, 7) is 3.56. The molecule has 0 spiro atoms. The third-order valence-electron chi connectivity index (χ3n) is 4.47. The van der Waals surface area contributed by atoms with Gasteiger partial charge in [-0.15, -0.1) is 11.3 Å². The predicted molar refractivity (Wildman–Crippen MR) is 76.5 cm³/mol. The van der Waals surface area contributed by atoms with Crippen LogP contribution in [0.3, 0.4) is 0 Å². The van der Waals surface area contributed by atoms with Gasteiger partial charge in [0.25, 0.3) is 0 Å². The molecule has 1 saturated heterocycles. The second-order valence-electron chi connectivity index (χ2n) is 5.65. The molecule has 0 bridgehead atoms. The number of nitrogens with two attached hydrogens (primary N) is 1. The molecule has 1 aliphatic carbocycles. The Kier molecular flexibility index (Phi) is 3.45. The van der Waals surface area contributed by atoms with Crippen LogP contribution in [0, 0.1) is 18.8 Å². The van der Waals surface area contributed by atoms with Gasteiger partial charge in [-0.1, -0.05) is 6.42 Å². The van der Waals surface area contributed by atoms with Gasteiger partial charge in [-0.05, 0) is 42.5 Å². The number of sulfonamides is 1. The minimum atomic E-state index is -3.35. The number of hydrogen-bond donors (Lipinski definition) is 1. The van der Waals surface area contributed by atoms with Crippen molar-refractivity contribution in [1.29, 1.82) is 0 Å². The number of rotatable bonds is 3. The largest absolute Gasteiger partial charge is 0.326 e. The van der Waals surface area contributed by atoms with Gasteiger partial charge >= 0.3 is 0 Å². The zero-order chi connectivity index (χ0) is 13.6. The summed E-state index contributed by atoms with van der Waals surface area (Å²) in [7, 11) is -3.35. The highest BCUT2D eigenvalue weighted by Crippen LogP contribution is 2.41. The van der Waals surface area contributed by atoms with E-state index >= 15 is 0 Å². The van der Waals surface area contributed by atoms with Crippen LogP contribution in [-0.2, 0) is 16.6 Å². The minimum Gasteiger partial charge on any atom is -0.326 e. The zero-order valence-corrected chi connectivity index (χ0v) is 12.8. The maximum absolute atomic E-state index is 12.8. The summed E-state index contributed by atoms with van der Waals surface area (Å²) in [6.07, 6.45) is 3.63. The second-order valence-corrected chi connectivity index (χ2v) is 8.49. The first-order valence-electron chi connectivity index (χ1n) is 6.81. The van der Waals surface area contributed by atoms with E-state index in [0.717, 1.165) is 10.4 Å². The lowest BCUT2D eigenvalue weighted by molar-refractivity contribution is 0.445. The Morgan fingerprint density at radius 2 is 2.00 bits per heavy atom. The molecule has 4 nitrogen and oxygen atoms in total. The van der Waals surface area contributed by atoms with Crippen molar-refractivity contribution in [2.45, 2.75) is 37.6 Å². The Hall–Kier alpha value is -0.430. The van der Waals surface area contributed by atoms with E-state index in [1.54, 1.807) is 4.31 Å². The molecule has 2 N–H and O–H groups in total. The van der Waals surface area contributed by atoms with Gasteiger partial charge < -0.3 is 5.73 Å². The van der Waals surface area contributed by atoms with Crippen LogP contribution >= 0.6 is 11.3 Å². The molecule has 1 aromatic heterocycles. The molecule has 2 atom stereocenters. The Balaban J connectivity index is 1.93. The zero-order valence-electron chi connectivity index (χ0n) is 11.1. The van der Waals surface area contributed by atoms with Gasteiger partial charge in [-0.25, -0.2) is 8.42 Å². The van der Waals surface area contributed by atoms with Gasteiger partial charge in [0.1, 0.15) is 4.90 Å². The molecule has 1 aromatic rings. The van der Waals surface area contributed by atoms with Crippen LogP contribution in [0.2, 0.25) is 0 Å². The van der Waals surface area contributed by atoms with Gasteiger partial charge in [-0.3, -0.25) is 0 Å². The van der Waals surface area contributed by atoms with Crippen molar-refractivity contribution in [1.82, 2.24) is 4.31 Å². The van der Waals surface area contributed by atoms with E-state index < -0.39 is 10.0 Å².